The van der Waals surface area contributed by atoms with Crippen LogP contribution in [0.3, 0.4) is 0 Å². The highest BCUT2D eigenvalue weighted by Crippen LogP contribution is 2.38. The van der Waals surface area contributed by atoms with Gasteiger partial charge in [0.05, 0.1) is 63.5 Å². The summed E-state index contributed by atoms with van der Waals surface area (Å²) >= 11 is 0. The molecular weight excluding hydrogens is 1330 g/mol. The Morgan fingerprint density at radius 2 is 0.721 bits per heavy atom. The van der Waals surface area contributed by atoms with Crippen LogP contribution in [-0.2, 0) is 52.2 Å². The number of nitrogens with one attached hydrogen (secondary N) is 1. The smallest absolute Gasteiger partial charge is 0.220 e. The summed E-state index contributed by atoms with van der Waals surface area (Å²) < 4.78 is 68.4. The van der Waals surface area contributed by atoms with Crippen molar-refractivity contribution in [2.24, 2.45) is 53.3 Å². The van der Waals surface area contributed by atoms with Crippen LogP contribution in [0.4, 0.5) is 4.39 Å². The number of hydrogen-bond donors (Lipinski definition) is 7. The number of methoxy groups -OCH3 is 2. The summed E-state index contributed by atoms with van der Waals surface area (Å²) in [6.45, 7) is 32.3. The number of aliphatic hydroxyl groups excluding tert-OH is 6. The highest BCUT2D eigenvalue weighted by molar-refractivity contribution is 5.76. The van der Waals surface area contributed by atoms with Gasteiger partial charge in [0.1, 0.15) is 30.5 Å². The fourth-order valence-corrected chi connectivity index (χ4v) is 14.9. The number of hydrogen-bond acceptors (Lipinski definition) is 17. The number of unbranched alkanes of at least 4 members (excludes halogenated alkanes) is 33. The lowest BCUT2D eigenvalue weighted by molar-refractivity contribution is -0.304. The molecule has 1 amide bonds. The number of amides is 1. The third kappa shape index (κ3) is 43.0. The zero-order valence-corrected chi connectivity index (χ0v) is 69.7. The van der Waals surface area contributed by atoms with Crippen LogP contribution in [0.25, 0.3) is 0 Å². The zero-order valence-electron chi connectivity index (χ0n) is 69.7. The second kappa shape index (κ2) is 64.3. The van der Waals surface area contributed by atoms with E-state index in [9.17, 15) is 34.7 Å². The van der Waals surface area contributed by atoms with Gasteiger partial charge in [-0.1, -0.05) is 294 Å². The average Bonchev–Trinajstić information content (AvgIpc) is 0.841. The van der Waals surface area contributed by atoms with Gasteiger partial charge < -0.3 is 83.3 Å². The minimum absolute atomic E-state index is 0.00141. The maximum Gasteiger partial charge on any atom is 0.220 e. The fraction of sp³-hybridized carbons (Fsp3) is 0.988. The van der Waals surface area contributed by atoms with E-state index in [2.05, 4.69) is 74.6 Å². The standard InChI is InChI=1S/C52H103NO9.C12H24O3.C11H21FO2.C10H20O3/c1-4-7-9-11-13-15-17-19-20-21-22-23-24-25-26-27-28-29-31-33-35-37-39-41-47(55)53-44(42-61-52-51(59)50(58)49(57)46(62-52)43-60-6-3)48(56)45(54)40-38-36-34-32-30-18-16-14-12-10-8-5-2;1-6-14-7-11-9(3)8(2)10(4)12(13-5)15-11;1-5-13-6-10-8(3)7(2)9(4)11(12)14-10;1-6-7(2)9(5-11)13-10(12-4)8(6)3/h44-46,48-52,54,56-59H,4-43H2,1-3H3,(H,53,55);8-12H,6-7H2,1-5H3;7-11H,5-6H2,1-4H3;6-11H,5H2,1-4H3/t44-,45+,46?,48-,49-,50-,51?,52-;8-,9+,10?,11?,12-;7-,8+,9?,10?,11?;6-,7+,8?,9?,10-/m0000/s1. The minimum atomic E-state index is -1.55. The maximum atomic E-state index is 13.4. The van der Waals surface area contributed by atoms with Gasteiger partial charge in [0.25, 0.3) is 0 Å². The van der Waals surface area contributed by atoms with Gasteiger partial charge in [0.15, 0.2) is 18.9 Å². The monoisotopic (exact) mass is 1490 g/mol. The second-order valence-corrected chi connectivity index (χ2v) is 31.8. The van der Waals surface area contributed by atoms with E-state index in [0.29, 0.717) is 86.6 Å². The molecule has 0 radical (unpaired) electrons. The molecule has 18 nitrogen and oxygen atoms in total. The quantitative estimate of drug-likeness (QED) is 0.0280. The van der Waals surface area contributed by atoms with Crippen LogP contribution in [0, 0.1) is 53.3 Å². The third-order valence-corrected chi connectivity index (χ3v) is 23.7. The molecule has 4 heterocycles. The van der Waals surface area contributed by atoms with Gasteiger partial charge in [-0.25, -0.2) is 4.39 Å². The first-order chi connectivity index (χ1) is 50.1. The van der Waals surface area contributed by atoms with E-state index >= 15 is 0 Å². The summed E-state index contributed by atoms with van der Waals surface area (Å²) in [5.74, 6) is 3.36. The zero-order chi connectivity index (χ0) is 77.5. The molecule has 0 aromatic carbocycles. The highest BCUT2D eigenvalue weighted by atomic mass is 19.1. The van der Waals surface area contributed by atoms with E-state index in [1.807, 2.05) is 20.8 Å². The molecule has 9 unspecified atom stereocenters. The van der Waals surface area contributed by atoms with Crippen molar-refractivity contribution >= 4 is 5.91 Å². The van der Waals surface area contributed by atoms with Crippen molar-refractivity contribution in [3.63, 3.8) is 0 Å². The number of rotatable bonds is 55. The Labute approximate surface area is 636 Å². The molecule has 4 aliphatic rings. The van der Waals surface area contributed by atoms with Crippen LogP contribution < -0.4 is 5.32 Å². The molecule has 0 aromatic rings. The molecule has 104 heavy (non-hydrogen) atoms. The number of halogens is 1. The Morgan fingerprint density at radius 1 is 0.394 bits per heavy atom. The second-order valence-electron chi connectivity index (χ2n) is 31.8. The molecule has 0 aromatic heterocycles. The van der Waals surface area contributed by atoms with Crippen molar-refractivity contribution in [2.45, 2.75) is 421 Å². The Bertz CT molecular complexity index is 1900. The molecule has 4 rings (SSSR count). The van der Waals surface area contributed by atoms with Crippen molar-refractivity contribution in [1.29, 1.82) is 0 Å². The summed E-state index contributed by atoms with van der Waals surface area (Å²) in [4.78, 5) is 13.1. The summed E-state index contributed by atoms with van der Waals surface area (Å²) in [5.41, 5.74) is 0. The lowest BCUT2D eigenvalue weighted by Gasteiger charge is -2.42. The summed E-state index contributed by atoms with van der Waals surface area (Å²) in [6, 6.07) is -0.954. The summed E-state index contributed by atoms with van der Waals surface area (Å²) in [6.07, 6.45) is 35.0. The van der Waals surface area contributed by atoms with E-state index in [-0.39, 0.29) is 62.5 Å². The van der Waals surface area contributed by atoms with E-state index < -0.39 is 55.3 Å². The molecule has 0 aliphatic carbocycles. The largest absolute Gasteiger partial charge is 0.394 e. The van der Waals surface area contributed by atoms with Crippen LogP contribution in [0.15, 0.2) is 0 Å². The number of alkyl halides is 1. The van der Waals surface area contributed by atoms with E-state index in [4.69, 9.17) is 52.5 Å². The molecule has 23 atom stereocenters. The van der Waals surface area contributed by atoms with Crippen LogP contribution in [0.1, 0.15) is 335 Å². The number of aliphatic hydroxyl groups is 6. The Morgan fingerprint density at radius 3 is 1.10 bits per heavy atom. The molecule has 0 spiro atoms. The van der Waals surface area contributed by atoms with E-state index in [1.165, 1.54) is 186 Å². The van der Waals surface area contributed by atoms with Crippen LogP contribution >= 0.6 is 0 Å². The van der Waals surface area contributed by atoms with Gasteiger partial charge >= 0.3 is 0 Å². The fourth-order valence-electron chi connectivity index (χ4n) is 14.9. The highest BCUT2D eigenvalue weighted by Gasteiger charge is 2.46. The molecule has 19 heteroatoms. The Kier molecular flexibility index (Phi) is 62.3. The first-order valence-corrected chi connectivity index (χ1v) is 43.0. The minimum Gasteiger partial charge on any atom is -0.394 e. The predicted molar refractivity (Wildman–Crippen MR) is 419 cm³/mol. The van der Waals surface area contributed by atoms with Crippen molar-refractivity contribution in [3.8, 4) is 0 Å². The van der Waals surface area contributed by atoms with Crippen LogP contribution in [0.2, 0.25) is 0 Å². The van der Waals surface area contributed by atoms with Crippen LogP contribution in [0.5, 0.6) is 0 Å². The number of ether oxygens (including phenoxy) is 10. The van der Waals surface area contributed by atoms with Crippen LogP contribution in [-0.4, -0.2) is 190 Å². The topological polar surface area (TPSA) is 243 Å². The van der Waals surface area contributed by atoms with Crippen molar-refractivity contribution in [3.05, 3.63) is 0 Å². The Hall–Kier alpha value is -1.24. The van der Waals surface area contributed by atoms with Gasteiger partial charge in [-0.3, -0.25) is 4.79 Å². The molecule has 0 bridgehead atoms. The van der Waals surface area contributed by atoms with Crippen molar-refractivity contribution < 1.29 is 87.2 Å². The SMILES string of the molecule is CCCCCCCCCCCCCCCCCCCCCCCCCC(=O)N[C@@H](CO[C@H]1OC(COCC)[C@H](O)[C@H](O)C1O)[C@H](O)[C@H](O)CCCCCCCCCCCCCC.CCOCC1OC(F)C(C)[C@@H](C)[C@H]1C.CCOCC1O[C@H](OC)C(C)[C@@H](C)[C@H]1C.CO[C@H]1OC(CO)[C@H](C)[C@H](C)C1C. The molecule has 7 N–H and O–H groups in total. The van der Waals surface area contributed by atoms with Gasteiger partial charge in [0, 0.05) is 58.2 Å². The lowest BCUT2D eigenvalue weighted by atomic mass is 9.79. The average molecular weight is 1500 g/mol. The normalized spacial score (nSPS) is 30.1. The number of carbonyl (C=O) groups excluding carboxylic acids is 1. The van der Waals surface area contributed by atoms with E-state index in [0.717, 1.165) is 45.1 Å². The maximum absolute atomic E-state index is 13.4. The van der Waals surface area contributed by atoms with Gasteiger partial charge in [-0.15, -0.1) is 0 Å². The summed E-state index contributed by atoms with van der Waals surface area (Å²) in [5, 5.41) is 65.7. The third-order valence-electron chi connectivity index (χ3n) is 23.7. The van der Waals surface area contributed by atoms with Gasteiger partial charge in [-0.05, 0) is 69.1 Å². The number of carbonyl (C=O) groups is 1. The van der Waals surface area contributed by atoms with E-state index in [1.54, 1.807) is 21.1 Å². The van der Waals surface area contributed by atoms with Gasteiger partial charge in [-0.2, -0.15) is 0 Å². The molecule has 0 saturated carbocycles. The Balaban J connectivity index is 0.00000101. The molecule has 622 valence electrons. The van der Waals surface area contributed by atoms with Crippen molar-refractivity contribution in [1.82, 2.24) is 5.32 Å². The lowest BCUT2D eigenvalue weighted by Crippen LogP contribution is -2.60. The molecule has 4 saturated heterocycles. The molecule has 4 aliphatic heterocycles. The first kappa shape index (κ1) is 101. The van der Waals surface area contributed by atoms with Crippen molar-refractivity contribution in [2.75, 3.05) is 67.1 Å². The van der Waals surface area contributed by atoms with Gasteiger partial charge in [0.2, 0.25) is 12.3 Å². The summed E-state index contributed by atoms with van der Waals surface area (Å²) in [7, 11) is 3.36. The predicted octanol–water partition coefficient (Wildman–Crippen LogP) is 17.7. The molecule has 4 fully saturated rings. The first-order valence-electron chi connectivity index (χ1n) is 43.0. The molecular formula is C85H168FNO17.